The summed E-state index contributed by atoms with van der Waals surface area (Å²) in [5.74, 6) is 2.96. The van der Waals surface area contributed by atoms with Gasteiger partial charge in [0.05, 0.1) is 12.3 Å². The number of hydrogen-bond donors (Lipinski definition) is 0. The molecule has 0 amide bonds. The molecular formula is C10H14ClN3OS. The van der Waals surface area contributed by atoms with Crippen LogP contribution in [-0.4, -0.2) is 41.7 Å². The van der Waals surface area contributed by atoms with Gasteiger partial charge in [-0.15, -0.1) is 0 Å². The van der Waals surface area contributed by atoms with Gasteiger partial charge in [0, 0.05) is 31.7 Å². The zero-order chi connectivity index (χ0) is 11.4. The van der Waals surface area contributed by atoms with Gasteiger partial charge in [-0.05, 0) is 6.07 Å². The van der Waals surface area contributed by atoms with Crippen LogP contribution in [0.25, 0.3) is 0 Å². The molecule has 0 aliphatic carbocycles. The Balaban J connectivity index is 2.18. The van der Waals surface area contributed by atoms with Gasteiger partial charge in [-0.25, -0.2) is 9.97 Å². The Morgan fingerprint density at radius 3 is 2.88 bits per heavy atom. The summed E-state index contributed by atoms with van der Waals surface area (Å²) in [4.78, 5) is 10.9. The molecule has 1 aromatic rings. The van der Waals surface area contributed by atoms with Crippen molar-refractivity contribution >= 4 is 29.3 Å². The summed E-state index contributed by atoms with van der Waals surface area (Å²) >= 11 is 7.92. The van der Waals surface area contributed by atoms with E-state index in [0.717, 1.165) is 36.2 Å². The van der Waals surface area contributed by atoms with Crippen LogP contribution in [0.3, 0.4) is 0 Å². The van der Waals surface area contributed by atoms with Gasteiger partial charge < -0.3 is 9.64 Å². The van der Waals surface area contributed by atoms with Gasteiger partial charge in [0.15, 0.2) is 0 Å². The summed E-state index contributed by atoms with van der Waals surface area (Å²) < 4.78 is 5.05. The smallest absolute Gasteiger partial charge is 0.227 e. The summed E-state index contributed by atoms with van der Waals surface area (Å²) in [6.07, 6.45) is 0. The molecule has 1 aliphatic heterocycles. The number of anilines is 1. The summed E-state index contributed by atoms with van der Waals surface area (Å²) in [7, 11) is 1.65. The summed E-state index contributed by atoms with van der Waals surface area (Å²) in [5, 5.41) is 0.482. The van der Waals surface area contributed by atoms with Gasteiger partial charge in [0.2, 0.25) is 5.95 Å². The number of ether oxygens (including phenoxy) is 1. The first-order chi connectivity index (χ1) is 7.79. The molecule has 0 N–H and O–H groups in total. The fourth-order valence-corrected chi connectivity index (χ4v) is 2.68. The molecule has 0 atom stereocenters. The second-order valence-electron chi connectivity index (χ2n) is 3.51. The molecule has 1 aromatic heterocycles. The van der Waals surface area contributed by atoms with E-state index in [9.17, 15) is 0 Å². The topological polar surface area (TPSA) is 38.2 Å². The first kappa shape index (κ1) is 12.0. The zero-order valence-electron chi connectivity index (χ0n) is 9.15. The number of hydrogen-bond acceptors (Lipinski definition) is 5. The first-order valence-corrected chi connectivity index (χ1v) is 6.68. The second-order valence-corrected chi connectivity index (χ2v) is 5.13. The fraction of sp³-hybridized carbons (Fsp3) is 0.600. The van der Waals surface area contributed by atoms with Crippen molar-refractivity contribution in [1.29, 1.82) is 0 Å². The lowest BCUT2D eigenvalue weighted by molar-refractivity contribution is 0.181. The van der Waals surface area contributed by atoms with Crippen molar-refractivity contribution in [2.75, 3.05) is 36.6 Å². The van der Waals surface area contributed by atoms with Crippen molar-refractivity contribution in [2.45, 2.75) is 6.61 Å². The maximum absolute atomic E-state index is 5.97. The number of halogens is 1. The molecule has 2 heterocycles. The molecule has 4 nitrogen and oxygen atoms in total. The molecule has 1 saturated heterocycles. The van der Waals surface area contributed by atoms with Crippen LogP contribution in [0.2, 0.25) is 5.15 Å². The lowest BCUT2D eigenvalue weighted by Crippen LogP contribution is -2.34. The van der Waals surface area contributed by atoms with Gasteiger partial charge >= 0.3 is 0 Å². The van der Waals surface area contributed by atoms with Crippen molar-refractivity contribution in [3.63, 3.8) is 0 Å². The van der Waals surface area contributed by atoms with E-state index >= 15 is 0 Å². The van der Waals surface area contributed by atoms with Crippen LogP contribution in [0, 0.1) is 0 Å². The number of thioether (sulfide) groups is 1. The van der Waals surface area contributed by atoms with Gasteiger partial charge in [-0.1, -0.05) is 11.6 Å². The minimum atomic E-state index is 0.470. The first-order valence-electron chi connectivity index (χ1n) is 5.14. The van der Waals surface area contributed by atoms with Crippen molar-refractivity contribution in [3.8, 4) is 0 Å². The Hall–Kier alpha value is -0.520. The average molecular weight is 260 g/mol. The maximum Gasteiger partial charge on any atom is 0.227 e. The van der Waals surface area contributed by atoms with E-state index in [2.05, 4.69) is 14.9 Å². The molecule has 16 heavy (non-hydrogen) atoms. The Bertz CT molecular complexity index is 358. The third-order valence-corrected chi connectivity index (χ3v) is 3.46. The van der Waals surface area contributed by atoms with Crippen molar-refractivity contribution < 1.29 is 4.74 Å². The van der Waals surface area contributed by atoms with E-state index in [1.165, 1.54) is 0 Å². The van der Waals surface area contributed by atoms with Crippen molar-refractivity contribution in [1.82, 2.24) is 9.97 Å². The fourth-order valence-electron chi connectivity index (χ4n) is 1.58. The molecule has 0 unspecified atom stereocenters. The van der Waals surface area contributed by atoms with Crippen molar-refractivity contribution in [3.05, 3.63) is 16.9 Å². The molecule has 2 rings (SSSR count). The SMILES string of the molecule is COCc1cc(Cl)nc(N2CCSCC2)n1. The third kappa shape index (κ3) is 2.99. The van der Waals surface area contributed by atoms with Gasteiger partial charge in [-0.2, -0.15) is 11.8 Å². The Labute approximate surface area is 104 Å². The summed E-state index contributed by atoms with van der Waals surface area (Å²) in [6, 6.07) is 1.74. The van der Waals surface area contributed by atoms with Crippen LogP contribution in [0.4, 0.5) is 5.95 Å². The largest absolute Gasteiger partial charge is 0.378 e. The molecule has 0 saturated carbocycles. The van der Waals surface area contributed by atoms with E-state index in [1.54, 1.807) is 13.2 Å². The van der Waals surface area contributed by atoms with Crippen LogP contribution in [-0.2, 0) is 11.3 Å². The number of rotatable bonds is 3. The predicted octanol–water partition coefficient (Wildman–Crippen LogP) is 1.83. The van der Waals surface area contributed by atoms with E-state index in [4.69, 9.17) is 16.3 Å². The summed E-state index contributed by atoms with van der Waals surface area (Å²) in [6.45, 7) is 2.44. The molecule has 1 aliphatic rings. The Morgan fingerprint density at radius 2 is 2.19 bits per heavy atom. The zero-order valence-corrected chi connectivity index (χ0v) is 10.7. The molecule has 1 fully saturated rings. The van der Waals surface area contributed by atoms with Crippen molar-refractivity contribution in [2.24, 2.45) is 0 Å². The number of aromatic nitrogens is 2. The quantitative estimate of drug-likeness (QED) is 0.775. The molecule has 0 aromatic carbocycles. The predicted molar refractivity (Wildman–Crippen MR) is 67.3 cm³/mol. The molecule has 6 heteroatoms. The van der Waals surface area contributed by atoms with Gasteiger partial charge in [0.25, 0.3) is 0 Å². The molecule has 0 bridgehead atoms. The molecular weight excluding hydrogens is 246 g/mol. The molecule has 0 radical (unpaired) electrons. The van der Waals surface area contributed by atoms with E-state index in [1.807, 2.05) is 11.8 Å². The normalized spacial score (nSPS) is 16.5. The maximum atomic E-state index is 5.97. The highest BCUT2D eigenvalue weighted by Crippen LogP contribution is 2.18. The standard InChI is InChI=1S/C10H14ClN3OS/c1-15-7-8-6-9(11)13-10(12-8)14-2-4-16-5-3-14/h6H,2-5,7H2,1H3. The number of nitrogens with zero attached hydrogens (tertiary/aromatic N) is 3. The Kier molecular flexibility index (Phi) is 4.26. The van der Waals surface area contributed by atoms with Crippen LogP contribution < -0.4 is 4.90 Å². The van der Waals surface area contributed by atoms with Gasteiger partial charge in [-0.3, -0.25) is 0 Å². The highest BCUT2D eigenvalue weighted by Gasteiger charge is 2.15. The molecule has 88 valence electrons. The summed E-state index contributed by atoms with van der Waals surface area (Å²) in [5.41, 5.74) is 0.829. The second kappa shape index (κ2) is 5.70. The third-order valence-electron chi connectivity index (χ3n) is 2.32. The minimum absolute atomic E-state index is 0.470. The Morgan fingerprint density at radius 1 is 1.44 bits per heavy atom. The minimum Gasteiger partial charge on any atom is -0.378 e. The average Bonchev–Trinajstić information content (AvgIpc) is 2.30. The lowest BCUT2D eigenvalue weighted by atomic mass is 10.4. The van der Waals surface area contributed by atoms with Crippen LogP contribution >= 0.6 is 23.4 Å². The van der Waals surface area contributed by atoms with Crippen LogP contribution in [0.15, 0.2) is 6.07 Å². The monoisotopic (exact) mass is 259 g/mol. The lowest BCUT2D eigenvalue weighted by Gasteiger charge is -2.26. The highest BCUT2D eigenvalue weighted by atomic mass is 35.5. The highest BCUT2D eigenvalue weighted by molar-refractivity contribution is 7.99. The van der Waals surface area contributed by atoms with Gasteiger partial charge in [0.1, 0.15) is 5.15 Å². The molecule has 0 spiro atoms. The number of methoxy groups -OCH3 is 1. The van der Waals surface area contributed by atoms with E-state index < -0.39 is 0 Å². The van der Waals surface area contributed by atoms with E-state index in [-0.39, 0.29) is 0 Å². The van der Waals surface area contributed by atoms with Crippen LogP contribution in [0.5, 0.6) is 0 Å². The van der Waals surface area contributed by atoms with E-state index in [0.29, 0.717) is 11.8 Å². The van der Waals surface area contributed by atoms with Crippen LogP contribution in [0.1, 0.15) is 5.69 Å².